The zero-order valence-corrected chi connectivity index (χ0v) is 9.90. The predicted octanol–water partition coefficient (Wildman–Crippen LogP) is 0.709. The molecular weight excluding hydrogens is 214 g/mol. The van der Waals surface area contributed by atoms with E-state index >= 15 is 0 Å². The Morgan fingerprint density at radius 2 is 2.12 bits per heavy atom. The molecule has 0 radical (unpaired) electrons. The lowest BCUT2D eigenvalue weighted by Gasteiger charge is -2.09. The smallest absolute Gasteiger partial charge is 0.203 e. The molecule has 3 rings (SSSR count). The molecule has 1 aromatic carbocycles. The summed E-state index contributed by atoms with van der Waals surface area (Å²) in [5.74, 6) is 1.56. The van der Waals surface area contributed by atoms with E-state index in [0.717, 1.165) is 36.6 Å². The number of benzene rings is 1. The Morgan fingerprint density at radius 3 is 2.88 bits per heavy atom. The van der Waals surface area contributed by atoms with Gasteiger partial charge in [-0.15, -0.1) is 0 Å². The highest BCUT2D eigenvalue weighted by Crippen LogP contribution is 2.17. The predicted molar refractivity (Wildman–Crippen MR) is 68.7 cm³/mol. The summed E-state index contributed by atoms with van der Waals surface area (Å²) in [6.45, 7) is 2.96. The van der Waals surface area contributed by atoms with Gasteiger partial charge in [0.05, 0.1) is 11.0 Å². The molecule has 0 atom stereocenters. The Morgan fingerprint density at radius 1 is 1.35 bits per heavy atom. The monoisotopic (exact) mass is 231 g/mol. The molecule has 2 aromatic rings. The van der Waals surface area contributed by atoms with Gasteiger partial charge in [0, 0.05) is 32.6 Å². The third-order valence-electron chi connectivity index (χ3n) is 3.24. The molecule has 2 heterocycles. The maximum absolute atomic E-state index is 4.58. The van der Waals surface area contributed by atoms with Gasteiger partial charge in [0.2, 0.25) is 5.95 Å². The van der Waals surface area contributed by atoms with Crippen molar-refractivity contribution in [3.8, 4) is 0 Å². The minimum absolute atomic E-state index is 0.620. The molecule has 0 aliphatic carbocycles. The first-order valence-electron chi connectivity index (χ1n) is 5.95. The summed E-state index contributed by atoms with van der Waals surface area (Å²) < 4.78 is 2.10. The van der Waals surface area contributed by atoms with Gasteiger partial charge < -0.3 is 9.88 Å². The van der Waals surface area contributed by atoms with E-state index in [9.17, 15) is 0 Å². The van der Waals surface area contributed by atoms with E-state index in [1.807, 2.05) is 25.2 Å². The molecule has 0 bridgehead atoms. The molecule has 1 aliphatic rings. The SMILES string of the molecule is Cn1c(NCC2CNNC2)nc2ccccc21. The van der Waals surface area contributed by atoms with Crippen molar-refractivity contribution < 1.29 is 0 Å². The first-order chi connectivity index (χ1) is 8.34. The van der Waals surface area contributed by atoms with Crippen LogP contribution in [0.5, 0.6) is 0 Å². The first kappa shape index (κ1) is 10.6. The summed E-state index contributed by atoms with van der Waals surface area (Å²) in [6, 6.07) is 8.19. The van der Waals surface area contributed by atoms with E-state index in [2.05, 4.69) is 31.8 Å². The van der Waals surface area contributed by atoms with Crippen molar-refractivity contribution in [3.63, 3.8) is 0 Å². The van der Waals surface area contributed by atoms with Gasteiger partial charge in [-0.3, -0.25) is 10.9 Å². The number of anilines is 1. The third kappa shape index (κ3) is 1.99. The largest absolute Gasteiger partial charge is 0.355 e. The molecule has 90 valence electrons. The summed E-state index contributed by atoms with van der Waals surface area (Å²) in [7, 11) is 2.04. The molecule has 1 aliphatic heterocycles. The molecule has 1 aromatic heterocycles. The van der Waals surface area contributed by atoms with E-state index in [-0.39, 0.29) is 0 Å². The number of fused-ring (bicyclic) bond motifs is 1. The summed E-state index contributed by atoms with van der Waals surface area (Å²) >= 11 is 0. The van der Waals surface area contributed by atoms with Crippen LogP contribution in [0.15, 0.2) is 24.3 Å². The fourth-order valence-corrected chi connectivity index (χ4v) is 2.19. The number of para-hydroxylation sites is 2. The van der Waals surface area contributed by atoms with Crippen molar-refractivity contribution in [1.82, 2.24) is 20.4 Å². The molecule has 0 amide bonds. The zero-order chi connectivity index (χ0) is 11.7. The van der Waals surface area contributed by atoms with Crippen molar-refractivity contribution >= 4 is 17.0 Å². The molecule has 1 saturated heterocycles. The highest BCUT2D eigenvalue weighted by Gasteiger charge is 2.15. The lowest BCUT2D eigenvalue weighted by molar-refractivity contribution is 0.640. The van der Waals surface area contributed by atoms with E-state index < -0.39 is 0 Å². The Bertz CT molecular complexity index is 513. The van der Waals surface area contributed by atoms with Crippen LogP contribution in [0.4, 0.5) is 5.95 Å². The van der Waals surface area contributed by atoms with Gasteiger partial charge in [-0.1, -0.05) is 12.1 Å². The highest BCUT2D eigenvalue weighted by molar-refractivity contribution is 5.78. The van der Waals surface area contributed by atoms with Crippen molar-refractivity contribution in [2.24, 2.45) is 13.0 Å². The Hall–Kier alpha value is -1.59. The number of imidazole rings is 1. The molecule has 0 spiro atoms. The van der Waals surface area contributed by atoms with Gasteiger partial charge in [-0.25, -0.2) is 4.98 Å². The van der Waals surface area contributed by atoms with Crippen LogP contribution in [-0.4, -0.2) is 29.2 Å². The number of nitrogens with one attached hydrogen (secondary N) is 3. The molecule has 0 unspecified atom stereocenters. The summed E-state index contributed by atoms with van der Waals surface area (Å²) in [6.07, 6.45) is 0. The van der Waals surface area contributed by atoms with Crippen LogP contribution in [0.3, 0.4) is 0 Å². The van der Waals surface area contributed by atoms with Gasteiger partial charge in [-0.05, 0) is 12.1 Å². The standard InChI is InChI=1S/C12H17N5/c1-17-11-5-3-2-4-10(11)16-12(17)13-6-9-7-14-15-8-9/h2-5,9,14-15H,6-8H2,1H3,(H,13,16). The second-order valence-electron chi connectivity index (χ2n) is 4.49. The van der Waals surface area contributed by atoms with Crippen LogP contribution >= 0.6 is 0 Å². The fourth-order valence-electron chi connectivity index (χ4n) is 2.19. The van der Waals surface area contributed by atoms with E-state index in [1.54, 1.807) is 0 Å². The minimum Gasteiger partial charge on any atom is -0.355 e. The van der Waals surface area contributed by atoms with Crippen molar-refractivity contribution in [2.45, 2.75) is 0 Å². The topological polar surface area (TPSA) is 53.9 Å². The summed E-state index contributed by atoms with van der Waals surface area (Å²) in [4.78, 5) is 4.58. The zero-order valence-electron chi connectivity index (χ0n) is 9.90. The van der Waals surface area contributed by atoms with Gasteiger partial charge in [0.15, 0.2) is 0 Å². The molecule has 1 fully saturated rings. The number of hydrazine groups is 1. The number of hydrogen-bond donors (Lipinski definition) is 3. The quantitative estimate of drug-likeness (QED) is 0.728. The Balaban J connectivity index is 1.78. The number of nitrogens with zero attached hydrogens (tertiary/aromatic N) is 2. The summed E-state index contributed by atoms with van der Waals surface area (Å²) in [5.41, 5.74) is 8.47. The summed E-state index contributed by atoms with van der Waals surface area (Å²) in [5, 5.41) is 3.42. The average molecular weight is 231 g/mol. The number of hydrogen-bond acceptors (Lipinski definition) is 4. The third-order valence-corrected chi connectivity index (χ3v) is 3.24. The lowest BCUT2D eigenvalue weighted by Crippen LogP contribution is -2.21. The molecule has 3 N–H and O–H groups in total. The highest BCUT2D eigenvalue weighted by atomic mass is 15.4. The van der Waals surface area contributed by atoms with Gasteiger partial charge in [0.1, 0.15) is 0 Å². The maximum atomic E-state index is 4.58. The molecule has 5 heteroatoms. The number of aryl methyl sites for hydroxylation is 1. The second-order valence-corrected chi connectivity index (χ2v) is 4.49. The van der Waals surface area contributed by atoms with Crippen LogP contribution in [0.2, 0.25) is 0 Å². The van der Waals surface area contributed by atoms with Gasteiger partial charge in [0.25, 0.3) is 0 Å². The van der Waals surface area contributed by atoms with E-state index in [4.69, 9.17) is 0 Å². The second kappa shape index (κ2) is 4.35. The van der Waals surface area contributed by atoms with Crippen molar-refractivity contribution in [1.29, 1.82) is 0 Å². The average Bonchev–Trinajstić information content (AvgIpc) is 2.96. The van der Waals surface area contributed by atoms with Crippen LogP contribution in [0.1, 0.15) is 0 Å². The number of rotatable bonds is 3. The molecule has 17 heavy (non-hydrogen) atoms. The van der Waals surface area contributed by atoms with Crippen LogP contribution in [-0.2, 0) is 7.05 Å². The fraction of sp³-hybridized carbons (Fsp3) is 0.417. The first-order valence-corrected chi connectivity index (χ1v) is 5.95. The van der Waals surface area contributed by atoms with Gasteiger partial charge >= 0.3 is 0 Å². The van der Waals surface area contributed by atoms with Crippen LogP contribution in [0.25, 0.3) is 11.0 Å². The maximum Gasteiger partial charge on any atom is 0.203 e. The minimum atomic E-state index is 0.620. The van der Waals surface area contributed by atoms with Gasteiger partial charge in [-0.2, -0.15) is 0 Å². The lowest BCUT2D eigenvalue weighted by atomic mass is 10.2. The molecule has 5 nitrogen and oxygen atoms in total. The Labute approximate surface area is 100 Å². The van der Waals surface area contributed by atoms with Crippen molar-refractivity contribution in [2.75, 3.05) is 25.0 Å². The normalized spacial score (nSPS) is 16.8. The Kier molecular flexibility index (Phi) is 2.70. The molecule has 0 saturated carbocycles. The van der Waals surface area contributed by atoms with Crippen molar-refractivity contribution in [3.05, 3.63) is 24.3 Å². The van der Waals surface area contributed by atoms with Crippen LogP contribution < -0.4 is 16.2 Å². The van der Waals surface area contributed by atoms with E-state index in [0.29, 0.717) is 5.92 Å². The van der Waals surface area contributed by atoms with Crippen LogP contribution in [0, 0.1) is 5.92 Å². The number of aromatic nitrogens is 2. The van der Waals surface area contributed by atoms with E-state index in [1.165, 1.54) is 0 Å². The molecular formula is C12H17N5.